The number of rotatable bonds is 3. The Bertz CT molecular complexity index is 593. The maximum absolute atomic E-state index is 13.2. The maximum atomic E-state index is 13.2. The minimum absolute atomic E-state index is 0.0450. The first-order chi connectivity index (χ1) is 9.37. The van der Waals surface area contributed by atoms with E-state index in [9.17, 15) is 17.9 Å². The first-order valence-electron chi connectivity index (χ1n) is 6.45. The molecule has 1 aliphatic rings. The Labute approximate surface area is 123 Å². The van der Waals surface area contributed by atoms with E-state index in [0.717, 1.165) is 25.0 Å². The van der Waals surface area contributed by atoms with Gasteiger partial charge < -0.3 is 5.11 Å². The van der Waals surface area contributed by atoms with Crippen LogP contribution in [0.5, 0.6) is 0 Å². The third-order valence-electron chi connectivity index (χ3n) is 3.75. The molecule has 1 N–H and O–H groups in total. The van der Waals surface area contributed by atoms with Gasteiger partial charge in [0.15, 0.2) is 0 Å². The van der Waals surface area contributed by atoms with Crippen LogP contribution in [0.25, 0.3) is 0 Å². The first-order valence-corrected chi connectivity index (χ1v) is 8.27. The van der Waals surface area contributed by atoms with Crippen LogP contribution in [0, 0.1) is 11.7 Å². The molecule has 2 atom stereocenters. The lowest BCUT2D eigenvalue weighted by Gasteiger charge is -2.37. The Morgan fingerprint density at radius 3 is 2.80 bits per heavy atom. The molecule has 0 radical (unpaired) electrons. The quantitative estimate of drug-likeness (QED) is 0.929. The number of hydrogen-bond donors (Lipinski definition) is 1. The van der Waals surface area contributed by atoms with Crippen LogP contribution in [-0.2, 0) is 10.0 Å². The van der Waals surface area contributed by atoms with Gasteiger partial charge in [0, 0.05) is 6.54 Å². The Balaban J connectivity index is 2.40. The van der Waals surface area contributed by atoms with Gasteiger partial charge in [-0.15, -0.1) is 0 Å². The summed E-state index contributed by atoms with van der Waals surface area (Å²) < 4.78 is 39.6. The molecule has 1 aliphatic heterocycles. The van der Waals surface area contributed by atoms with E-state index in [1.54, 1.807) is 0 Å². The van der Waals surface area contributed by atoms with E-state index in [0.29, 0.717) is 6.54 Å². The minimum atomic E-state index is -3.77. The van der Waals surface area contributed by atoms with Gasteiger partial charge in [-0.3, -0.25) is 0 Å². The molecule has 1 aromatic rings. The molecule has 1 saturated heterocycles. The zero-order chi connectivity index (χ0) is 14.9. The Hall–Kier alpha value is -0.690. The summed E-state index contributed by atoms with van der Waals surface area (Å²) in [5, 5.41) is 9.22. The molecule has 1 aromatic carbocycles. The Kier molecular flexibility index (Phi) is 4.69. The molecule has 0 aliphatic carbocycles. The minimum Gasteiger partial charge on any atom is -0.395 e. The van der Waals surface area contributed by atoms with Crippen LogP contribution >= 0.6 is 11.6 Å². The van der Waals surface area contributed by atoms with Crippen molar-refractivity contribution in [2.24, 2.45) is 5.92 Å². The molecule has 0 bridgehead atoms. The van der Waals surface area contributed by atoms with E-state index >= 15 is 0 Å². The summed E-state index contributed by atoms with van der Waals surface area (Å²) in [5.41, 5.74) is 0. The first kappa shape index (κ1) is 15.7. The van der Waals surface area contributed by atoms with Crippen molar-refractivity contribution in [3.05, 3.63) is 29.0 Å². The SMILES string of the molecule is CC1CCCN(S(=O)(=O)c2ccc(F)c(Cl)c2)C1CO. The molecule has 7 heteroatoms. The van der Waals surface area contributed by atoms with Gasteiger partial charge in [-0.2, -0.15) is 4.31 Å². The fraction of sp³-hybridized carbons (Fsp3) is 0.538. The van der Waals surface area contributed by atoms with Crippen LogP contribution in [0.4, 0.5) is 4.39 Å². The summed E-state index contributed by atoms with van der Waals surface area (Å²) in [4.78, 5) is -0.0450. The highest BCUT2D eigenvalue weighted by Crippen LogP contribution is 2.30. The second-order valence-corrected chi connectivity index (χ2v) is 7.36. The smallest absolute Gasteiger partial charge is 0.243 e. The van der Waals surface area contributed by atoms with Gasteiger partial charge in [0.05, 0.1) is 22.6 Å². The largest absolute Gasteiger partial charge is 0.395 e. The highest BCUT2D eigenvalue weighted by Gasteiger charge is 2.36. The Morgan fingerprint density at radius 1 is 1.50 bits per heavy atom. The molecule has 0 amide bonds. The van der Waals surface area contributed by atoms with Crippen molar-refractivity contribution in [2.75, 3.05) is 13.2 Å². The van der Waals surface area contributed by atoms with Crippen molar-refractivity contribution in [3.8, 4) is 0 Å². The normalized spacial score (nSPS) is 24.8. The zero-order valence-electron chi connectivity index (χ0n) is 11.1. The zero-order valence-corrected chi connectivity index (χ0v) is 12.7. The lowest BCUT2D eigenvalue weighted by Crippen LogP contribution is -2.49. The lowest BCUT2D eigenvalue weighted by atomic mass is 9.93. The van der Waals surface area contributed by atoms with E-state index in [2.05, 4.69) is 0 Å². The number of benzene rings is 1. The number of aliphatic hydroxyl groups is 1. The molecule has 1 heterocycles. The maximum Gasteiger partial charge on any atom is 0.243 e. The number of nitrogens with zero attached hydrogens (tertiary/aromatic N) is 1. The molecule has 112 valence electrons. The Morgan fingerprint density at radius 2 is 2.20 bits per heavy atom. The van der Waals surface area contributed by atoms with E-state index in [1.165, 1.54) is 10.4 Å². The van der Waals surface area contributed by atoms with E-state index in [1.807, 2.05) is 6.92 Å². The van der Waals surface area contributed by atoms with Gasteiger partial charge in [-0.1, -0.05) is 18.5 Å². The highest BCUT2D eigenvalue weighted by atomic mass is 35.5. The molecule has 20 heavy (non-hydrogen) atoms. The van der Waals surface area contributed by atoms with Crippen LogP contribution in [0.2, 0.25) is 5.02 Å². The van der Waals surface area contributed by atoms with Crippen molar-refractivity contribution in [1.29, 1.82) is 0 Å². The van der Waals surface area contributed by atoms with Crippen molar-refractivity contribution >= 4 is 21.6 Å². The van der Waals surface area contributed by atoms with Gasteiger partial charge in [-0.05, 0) is 37.0 Å². The van der Waals surface area contributed by atoms with Crippen LogP contribution in [-0.4, -0.2) is 37.0 Å². The van der Waals surface area contributed by atoms with Crippen LogP contribution in [0.15, 0.2) is 23.1 Å². The summed E-state index contributed by atoms with van der Waals surface area (Å²) >= 11 is 5.65. The summed E-state index contributed by atoms with van der Waals surface area (Å²) in [7, 11) is -3.77. The third-order valence-corrected chi connectivity index (χ3v) is 5.96. The van der Waals surface area contributed by atoms with Gasteiger partial charge in [0.2, 0.25) is 10.0 Å². The predicted molar refractivity (Wildman–Crippen MR) is 74.6 cm³/mol. The second kappa shape index (κ2) is 5.97. The topological polar surface area (TPSA) is 57.6 Å². The fourth-order valence-electron chi connectivity index (χ4n) is 2.55. The molecule has 2 rings (SSSR count). The number of piperidine rings is 1. The third kappa shape index (κ3) is 2.83. The lowest BCUT2D eigenvalue weighted by molar-refractivity contribution is 0.113. The van der Waals surface area contributed by atoms with Crippen molar-refractivity contribution in [2.45, 2.75) is 30.7 Å². The summed E-state index contributed by atoms with van der Waals surface area (Å²) in [6, 6.07) is 2.90. The van der Waals surface area contributed by atoms with Crippen LogP contribution in [0.3, 0.4) is 0 Å². The summed E-state index contributed by atoms with van der Waals surface area (Å²) in [5.74, 6) is -0.573. The highest BCUT2D eigenvalue weighted by molar-refractivity contribution is 7.89. The molecular formula is C13H17ClFNO3S. The van der Waals surface area contributed by atoms with E-state index in [-0.39, 0.29) is 22.4 Å². The van der Waals surface area contributed by atoms with Crippen molar-refractivity contribution in [3.63, 3.8) is 0 Å². The van der Waals surface area contributed by atoms with Gasteiger partial charge in [0.1, 0.15) is 5.82 Å². The van der Waals surface area contributed by atoms with E-state index in [4.69, 9.17) is 11.6 Å². The molecule has 1 fully saturated rings. The standard InChI is InChI=1S/C13H17ClFNO3S/c1-9-3-2-6-16(13(9)8-17)20(18,19)10-4-5-12(15)11(14)7-10/h4-5,7,9,13,17H,2-3,6,8H2,1H3. The molecular weight excluding hydrogens is 305 g/mol. The molecule has 0 aromatic heterocycles. The molecule has 2 unspecified atom stereocenters. The van der Waals surface area contributed by atoms with Gasteiger partial charge in [0.25, 0.3) is 0 Å². The van der Waals surface area contributed by atoms with Crippen molar-refractivity contribution in [1.82, 2.24) is 4.31 Å². The fourth-order valence-corrected chi connectivity index (χ4v) is 4.58. The van der Waals surface area contributed by atoms with Gasteiger partial charge in [-0.25, -0.2) is 12.8 Å². The second-order valence-electron chi connectivity index (χ2n) is 5.06. The number of halogens is 2. The van der Waals surface area contributed by atoms with Crippen molar-refractivity contribution < 1.29 is 17.9 Å². The molecule has 4 nitrogen and oxygen atoms in total. The van der Waals surface area contributed by atoms with Gasteiger partial charge >= 0.3 is 0 Å². The number of sulfonamides is 1. The molecule has 0 saturated carbocycles. The number of hydrogen-bond acceptors (Lipinski definition) is 3. The van der Waals surface area contributed by atoms with Crippen LogP contribution in [0.1, 0.15) is 19.8 Å². The molecule has 0 spiro atoms. The average molecular weight is 322 g/mol. The average Bonchev–Trinajstić information content (AvgIpc) is 2.41. The van der Waals surface area contributed by atoms with E-state index < -0.39 is 21.9 Å². The number of aliphatic hydroxyl groups excluding tert-OH is 1. The monoisotopic (exact) mass is 321 g/mol. The summed E-state index contributed by atoms with van der Waals surface area (Å²) in [6.07, 6.45) is 1.62. The summed E-state index contributed by atoms with van der Waals surface area (Å²) in [6.45, 7) is 2.04. The predicted octanol–water partition coefficient (Wildman–Crippen LogP) is 2.26. The van der Waals surface area contributed by atoms with Crippen LogP contribution < -0.4 is 0 Å².